The molecule has 1 aromatic heterocycles. The van der Waals surface area contributed by atoms with Gasteiger partial charge in [0.15, 0.2) is 11.5 Å². The van der Waals surface area contributed by atoms with Gasteiger partial charge in [0.05, 0.1) is 12.8 Å². The fraction of sp³-hybridized carbons (Fsp3) is 0.267. The largest absolute Gasteiger partial charge is 0.504 e. The summed E-state index contributed by atoms with van der Waals surface area (Å²) in [5.74, 6) is 0.733. The highest BCUT2D eigenvalue weighted by Crippen LogP contribution is 2.32. The molecule has 120 valence electrons. The van der Waals surface area contributed by atoms with Gasteiger partial charge in [0, 0.05) is 25.5 Å². The van der Waals surface area contributed by atoms with Crippen molar-refractivity contribution in [2.45, 2.75) is 13.0 Å². The molecule has 0 atom stereocenters. The Labute approximate surface area is 142 Å². The van der Waals surface area contributed by atoms with Gasteiger partial charge in [0.1, 0.15) is 0 Å². The third kappa shape index (κ3) is 3.94. The Kier molecular flexibility index (Phi) is 6.74. The Balaban J connectivity index is 0.00000121. The van der Waals surface area contributed by atoms with E-state index >= 15 is 0 Å². The topological polar surface area (TPSA) is 57.6 Å². The number of phenolic OH excluding ortho intramolecular Hbond substituents is 1. The lowest BCUT2D eigenvalue weighted by molar-refractivity contribution is 0.304. The third-order valence-corrected chi connectivity index (χ3v) is 3.48. The molecule has 1 aliphatic rings. The van der Waals surface area contributed by atoms with Crippen molar-refractivity contribution in [3.05, 3.63) is 47.8 Å². The second-order valence-corrected chi connectivity index (χ2v) is 4.81. The maximum absolute atomic E-state index is 9.81. The van der Waals surface area contributed by atoms with Gasteiger partial charge in [-0.2, -0.15) is 0 Å². The van der Waals surface area contributed by atoms with Gasteiger partial charge in [0.2, 0.25) is 0 Å². The van der Waals surface area contributed by atoms with Crippen molar-refractivity contribution in [2.75, 3.05) is 19.1 Å². The molecule has 0 bridgehead atoms. The number of fused-ring (bicyclic) bond motifs is 1. The quantitative estimate of drug-likeness (QED) is 0.896. The van der Waals surface area contributed by atoms with Crippen molar-refractivity contribution in [3.8, 4) is 11.5 Å². The van der Waals surface area contributed by atoms with Gasteiger partial charge >= 0.3 is 0 Å². The molecule has 0 aliphatic carbocycles. The van der Waals surface area contributed by atoms with Gasteiger partial charge in [-0.25, -0.2) is 5.01 Å². The Bertz CT molecular complexity index is 611. The van der Waals surface area contributed by atoms with Crippen LogP contribution in [-0.4, -0.2) is 28.8 Å². The van der Waals surface area contributed by atoms with Gasteiger partial charge in [0.25, 0.3) is 0 Å². The highest BCUT2D eigenvalue weighted by Gasteiger charge is 2.18. The Morgan fingerprint density at radius 1 is 1.18 bits per heavy atom. The van der Waals surface area contributed by atoms with Gasteiger partial charge < -0.3 is 15.3 Å². The van der Waals surface area contributed by atoms with Gasteiger partial charge in [-0.15, -0.1) is 24.8 Å². The first kappa shape index (κ1) is 18.4. The molecule has 3 rings (SSSR count). The van der Waals surface area contributed by atoms with Crippen molar-refractivity contribution in [1.29, 1.82) is 0 Å². The number of aromatic nitrogens is 1. The SMILES string of the molecule is COc1cc2c(cc1O)CCN(Nc1ccncc1)C2.Cl.Cl. The Morgan fingerprint density at radius 2 is 1.91 bits per heavy atom. The molecule has 0 amide bonds. The average molecular weight is 344 g/mol. The number of benzene rings is 1. The predicted molar refractivity (Wildman–Crippen MR) is 91.1 cm³/mol. The highest BCUT2D eigenvalue weighted by atomic mass is 35.5. The molecule has 1 aliphatic heterocycles. The lowest BCUT2D eigenvalue weighted by Gasteiger charge is -2.30. The lowest BCUT2D eigenvalue weighted by atomic mass is 10.00. The number of ether oxygens (including phenoxy) is 1. The van der Waals surface area contributed by atoms with Crippen LogP contribution in [0.4, 0.5) is 5.69 Å². The molecule has 0 fully saturated rings. The van der Waals surface area contributed by atoms with E-state index in [1.165, 1.54) is 11.1 Å². The molecular weight excluding hydrogens is 325 g/mol. The van der Waals surface area contributed by atoms with Gasteiger partial charge in [-0.3, -0.25) is 4.98 Å². The average Bonchev–Trinajstić information content (AvgIpc) is 2.48. The molecule has 22 heavy (non-hydrogen) atoms. The van der Waals surface area contributed by atoms with Crippen LogP contribution in [0.1, 0.15) is 11.1 Å². The smallest absolute Gasteiger partial charge is 0.160 e. The molecule has 0 radical (unpaired) electrons. The summed E-state index contributed by atoms with van der Waals surface area (Å²) in [6.07, 6.45) is 4.42. The normalized spacial score (nSPS) is 13.3. The van der Waals surface area contributed by atoms with Crippen LogP contribution < -0.4 is 10.2 Å². The Hall–Kier alpha value is -1.69. The molecule has 0 spiro atoms. The van der Waals surface area contributed by atoms with Gasteiger partial charge in [-0.1, -0.05) is 0 Å². The van der Waals surface area contributed by atoms with Crippen molar-refractivity contribution in [3.63, 3.8) is 0 Å². The zero-order valence-corrected chi connectivity index (χ0v) is 13.8. The number of nitrogens with zero attached hydrogens (tertiary/aromatic N) is 2. The van der Waals surface area contributed by atoms with E-state index in [2.05, 4.69) is 15.4 Å². The standard InChI is InChI=1S/C15H17N3O2.2ClH/c1-20-15-9-12-10-18(7-4-11(12)8-14(15)19)17-13-2-5-16-6-3-13;;/h2-3,5-6,8-9,19H,4,7,10H2,1H3,(H,16,17);2*1H. The minimum absolute atomic E-state index is 0. The number of hydrogen-bond acceptors (Lipinski definition) is 5. The number of phenols is 1. The van der Waals surface area contributed by atoms with Crippen LogP contribution in [0, 0.1) is 0 Å². The van der Waals surface area contributed by atoms with E-state index < -0.39 is 0 Å². The maximum atomic E-state index is 9.81. The van der Waals surface area contributed by atoms with E-state index in [-0.39, 0.29) is 30.6 Å². The molecule has 0 saturated carbocycles. The predicted octanol–water partition coefficient (Wildman–Crippen LogP) is 3.02. The van der Waals surface area contributed by atoms with Crippen LogP contribution in [0.3, 0.4) is 0 Å². The minimum Gasteiger partial charge on any atom is -0.504 e. The molecule has 2 N–H and O–H groups in total. The molecule has 0 saturated heterocycles. The zero-order chi connectivity index (χ0) is 13.9. The van der Waals surface area contributed by atoms with E-state index in [0.29, 0.717) is 5.75 Å². The van der Waals surface area contributed by atoms with Crippen molar-refractivity contribution < 1.29 is 9.84 Å². The second kappa shape index (κ2) is 8.08. The van der Waals surface area contributed by atoms with Gasteiger partial charge in [-0.05, 0) is 41.8 Å². The fourth-order valence-corrected chi connectivity index (χ4v) is 2.44. The number of methoxy groups -OCH3 is 1. The lowest BCUT2D eigenvalue weighted by Crippen LogP contribution is -2.35. The number of rotatable bonds is 3. The molecule has 2 aromatic rings. The molecule has 0 unspecified atom stereocenters. The number of aromatic hydroxyl groups is 1. The number of nitrogens with one attached hydrogen (secondary N) is 1. The number of pyridine rings is 1. The first-order valence-corrected chi connectivity index (χ1v) is 6.56. The first-order valence-electron chi connectivity index (χ1n) is 6.56. The van der Waals surface area contributed by atoms with Crippen molar-refractivity contribution in [1.82, 2.24) is 9.99 Å². The van der Waals surface area contributed by atoms with Crippen LogP contribution in [0.25, 0.3) is 0 Å². The minimum atomic E-state index is 0. The molecule has 7 heteroatoms. The van der Waals surface area contributed by atoms with Crippen LogP contribution in [0.2, 0.25) is 0 Å². The van der Waals surface area contributed by atoms with Crippen LogP contribution in [0.15, 0.2) is 36.7 Å². The maximum Gasteiger partial charge on any atom is 0.160 e. The van der Waals surface area contributed by atoms with E-state index in [1.807, 2.05) is 18.2 Å². The number of hydrazine groups is 1. The van der Waals surface area contributed by atoms with Crippen LogP contribution >= 0.6 is 24.8 Å². The van der Waals surface area contributed by atoms with E-state index in [4.69, 9.17) is 4.74 Å². The molecule has 1 aromatic carbocycles. The van der Waals surface area contributed by atoms with Crippen LogP contribution in [-0.2, 0) is 13.0 Å². The first-order chi connectivity index (χ1) is 9.76. The molecule has 2 heterocycles. The second-order valence-electron chi connectivity index (χ2n) is 4.81. The summed E-state index contributed by atoms with van der Waals surface area (Å²) in [5.41, 5.74) is 6.74. The summed E-state index contributed by atoms with van der Waals surface area (Å²) in [6.45, 7) is 1.66. The summed E-state index contributed by atoms with van der Waals surface area (Å²) in [7, 11) is 1.57. The van der Waals surface area contributed by atoms with Crippen molar-refractivity contribution in [2.24, 2.45) is 0 Å². The van der Waals surface area contributed by atoms with Crippen LogP contribution in [0.5, 0.6) is 11.5 Å². The Morgan fingerprint density at radius 3 is 2.59 bits per heavy atom. The summed E-state index contributed by atoms with van der Waals surface area (Å²) >= 11 is 0. The van der Waals surface area contributed by atoms with E-state index in [0.717, 1.165) is 25.2 Å². The monoisotopic (exact) mass is 343 g/mol. The summed E-state index contributed by atoms with van der Waals surface area (Å²) in [5, 5.41) is 12.0. The highest BCUT2D eigenvalue weighted by molar-refractivity contribution is 5.85. The summed E-state index contributed by atoms with van der Waals surface area (Å²) < 4.78 is 5.17. The fourth-order valence-electron chi connectivity index (χ4n) is 2.44. The van der Waals surface area contributed by atoms with E-state index in [9.17, 15) is 5.11 Å². The molecular formula is C15H19Cl2N3O2. The number of halogens is 2. The zero-order valence-electron chi connectivity index (χ0n) is 12.2. The molecule has 5 nitrogen and oxygen atoms in total. The summed E-state index contributed by atoms with van der Waals surface area (Å²) in [6, 6.07) is 7.59. The number of anilines is 1. The third-order valence-electron chi connectivity index (χ3n) is 3.48. The number of hydrogen-bond donors (Lipinski definition) is 2. The van der Waals surface area contributed by atoms with E-state index in [1.54, 1.807) is 25.6 Å². The van der Waals surface area contributed by atoms with Crippen molar-refractivity contribution >= 4 is 30.5 Å². The summed E-state index contributed by atoms with van der Waals surface area (Å²) in [4.78, 5) is 4.00.